The van der Waals surface area contributed by atoms with Gasteiger partial charge < -0.3 is 15.5 Å². The number of hydrogen-bond acceptors (Lipinski definition) is 5. The lowest BCUT2D eigenvalue weighted by Gasteiger charge is -2.17. The van der Waals surface area contributed by atoms with Crippen molar-refractivity contribution in [1.29, 1.82) is 0 Å². The van der Waals surface area contributed by atoms with Crippen molar-refractivity contribution in [3.8, 4) is 0 Å². The lowest BCUT2D eigenvalue weighted by atomic mass is 10.0. The van der Waals surface area contributed by atoms with Crippen LogP contribution in [0.4, 0.5) is 0 Å². The largest absolute Gasteiger partial charge is 0.480 e. The normalized spacial score (nSPS) is 13.9. The van der Waals surface area contributed by atoms with Crippen molar-refractivity contribution in [2.75, 3.05) is 0 Å². The van der Waals surface area contributed by atoms with E-state index in [2.05, 4.69) is 15.6 Å². The molecule has 0 saturated heterocycles. The molecular formula is C13H20N4O5. The van der Waals surface area contributed by atoms with Crippen molar-refractivity contribution in [3.63, 3.8) is 0 Å². The molecule has 0 aliphatic rings. The van der Waals surface area contributed by atoms with Gasteiger partial charge in [0.25, 0.3) is 5.91 Å². The van der Waals surface area contributed by atoms with E-state index >= 15 is 0 Å². The van der Waals surface area contributed by atoms with Crippen LogP contribution in [0, 0.1) is 11.8 Å². The summed E-state index contributed by atoms with van der Waals surface area (Å²) in [5, 5.41) is 27.8. The van der Waals surface area contributed by atoms with Gasteiger partial charge in [-0.2, -0.15) is 0 Å². The van der Waals surface area contributed by atoms with Crippen LogP contribution in [-0.4, -0.2) is 49.1 Å². The number of amides is 1. The summed E-state index contributed by atoms with van der Waals surface area (Å²) in [4.78, 5) is 34.3. The smallest absolute Gasteiger partial charge is 0.328 e. The zero-order valence-electron chi connectivity index (χ0n) is 12.8. The molecule has 0 unspecified atom stereocenters. The Bertz CT molecular complexity index is 567. The SMILES string of the molecule is CC(C)[C@H](NC(=O)c1cn([C@H](C(=O)O)C(C)C)nn1)C(=O)O. The number of aromatic nitrogens is 3. The second-order valence-corrected chi connectivity index (χ2v) is 5.64. The minimum Gasteiger partial charge on any atom is -0.480 e. The number of carbonyl (C=O) groups is 3. The predicted molar refractivity (Wildman–Crippen MR) is 75.3 cm³/mol. The van der Waals surface area contributed by atoms with E-state index in [1.165, 1.54) is 6.20 Å². The van der Waals surface area contributed by atoms with Crippen LogP contribution in [0.5, 0.6) is 0 Å². The average molecular weight is 312 g/mol. The number of carbonyl (C=O) groups excluding carboxylic acids is 1. The fourth-order valence-electron chi connectivity index (χ4n) is 1.95. The van der Waals surface area contributed by atoms with Crippen LogP contribution in [0.15, 0.2) is 6.20 Å². The standard InChI is InChI=1S/C13H20N4O5/c1-6(2)9(12(19)20)14-11(18)8-5-17(16-15-8)10(7(3)4)13(21)22/h5-7,9-10H,1-4H3,(H,14,18)(H,19,20)(H,21,22)/t9-,10-/m0/s1. The zero-order chi connectivity index (χ0) is 17.0. The van der Waals surface area contributed by atoms with Gasteiger partial charge in [-0.25, -0.2) is 14.3 Å². The molecule has 22 heavy (non-hydrogen) atoms. The van der Waals surface area contributed by atoms with Gasteiger partial charge in [0.1, 0.15) is 6.04 Å². The summed E-state index contributed by atoms with van der Waals surface area (Å²) in [7, 11) is 0. The van der Waals surface area contributed by atoms with Gasteiger partial charge in [-0.15, -0.1) is 5.10 Å². The molecule has 122 valence electrons. The highest BCUT2D eigenvalue weighted by Gasteiger charge is 2.28. The molecule has 1 aromatic rings. The van der Waals surface area contributed by atoms with E-state index in [1.54, 1.807) is 27.7 Å². The van der Waals surface area contributed by atoms with Crippen LogP contribution in [-0.2, 0) is 9.59 Å². The van der Waals surface area contributed by atoms with Crippen molar-refractivity contribution in [2.45, 2.75) is 39.8 Å². The molecule has 0 bridgehead atoms. The van der Waals surface area contributed by atoms with Gasteiger partial charge in [0.2, 0.25) is 0 Å². The average Bonchev–Trinajstić information content (AvgIpc) is 2.83. The molecule has 0 aliphatic heterocycles. The van der Waals surface area contributed by atoms with Crippen LogP contribution in [0.2, 0.25) is 0 Å². The molecule has 2 atom stereocenters. The maximum atomic E-state index is 12.0. The Morgan fingerprint density at radius 3 is 2.09 bits per heavy atom. The molecular weight excluding hydrogens is 292 g/mol. The molecule has 0 saturated carbocycles. The van der Waals surface area contributed by atoms with E-state index in [9.17, 15) is 14.4 Å². The number of nitrogens with zero attached hydrogens (tertiary/aromatic N) is 3. The zero-order valence-corrected chi connectivity index (χ0v) is 12.8. The van der Waals surface area contributed by atoms with Crippen LogP contribution >= 0.6 is 0 Å². The van der Waals surface area contributed by atoms with Crippen molar-refractivity contribution >= 4 is 17.8 Å². The summed E-state index contributed by atoms with van der Waals surface area (Å²) in [6.45, 7) is 6.74. The van der Waals surface area contributed by atoms with Crippen molar-refractivity contribution in [2.24, 2.45) is 11.8 Å². The number of carboxylic acid groups (broad SMARTS) is 2. The third-order valence-corrected chi connectivity index (χ3v) is 3.13. The molecule has 1 amide bonds. The maximum Gasteiger partial charge on any atom is 0.328 e. The molecule has 1 rings (SSSR count). The van der Waals surface area contributed by atoms with Crippen molar-refractivity contribution in [1.82, 2.24) is 20.3 Å². The number of hydrogen-bond donors (Lipinski definition) is 3. The minimum absolute atomic E-state index is 0.126. The molecule has 0 radical (unpaired) electrons. The second-order valence-electron chi connectivity index (χ2n) is 5.64. The molecule has 0 fully saturated rings. The molecule has 0 aliphatic carbocycles. The third kappa shape index (κ3) is 4.03. The number of rotatable bonds is 7. The minimum atomic E-state index is -1.15. The Morgan fingerprint density at radius 1 is 1.09 bits per heavy atom. The van der Waals surface area contributed by atoms with Gasteiger partial charge in [0.05, 0.1) is 6.20 Å². The highest BCUT2D eigenvalue weighted by molar-refractivity contribution is 5.94. The Morgan fingerprint density at radius 2 is 1.68 bits per heavy atom. The van der Waals surface area contributed by atoms with Gasteiger partial charge in [-0.3, -0.25) is 4.79 Å². The number of carboxylic acids is 2. The summed E-state index contributed by atoms with van der Waals surface area (Å²) in [6, 6.07) is -2.01. The van der Waals surface area contributed by atoms with Gasteiger partial charge >= 0.3 is 11.9 Å². The monoisotopic (exact) mass is 312 g/mol. The van der Waals surface area contributed by atoms with Crippen molar-refractivity contribution in [3.05, 3.63) is 11.9 Å². The molecule has 9 nitrogen and oxygen atoms in total. The molecule has 0 aromatic carbocycles. The van der Waals surface area contributed by atoms with E-state index in [1.807, 2.05) is 0 Å². The van der Waals surface area contributed by atoms with Gasteiger partial charge in [-0.05, 0) is 11.8 Å². The van der Waals surface area contributed by atoms with Crippen LogP contribution in [0.3, 0.4) is 0 Å². The first kappa shape index (κ1) is 17.6. The summed E-state index contributed by atoms with van der Waals surface area (Å²) >= 11 is 0. The number of aliphatic carboxylic acids is 2. The predicted octanol–water partition coefficient (Wildman–Crippen LogP) is 0.399. The van der Waals surface area contributed by atoms with E-state index in [4.69, 9.17) is 10.2 Å². The van der Waals surface area contributed by atoms with E-state index in [0.717, 1.165) is 4.68 Å². The highest BCUT2D eigenvalue weighted by Crippen LogP contribution is 2.17. The van der Waals surface area contributed by atoms with Gasteiger partial charge in [0, 0.05) is 0 Å². The Hall–Kier alpha value is -2.45. The third-order valence-electron chi connectivity index (χ3n) is 3.13. The first-order chi connectivity index (χ1) is 10.1. The topological polar surface area (TPSA) is 134 Å². The molecule has 3 N–H and O–H groups in total. The Kier molecular flexibility index (Phi) is 5.61. The van der Waals surface area contributed by atoms with E-state index in [0.29, 0.717) is 0 Å². The summed E-state index contributed by atoms with van der Waals surface area (Å²) < 4.78 is 1.09. The molecule has 9 heteroatoms. The fraction of sp³-hybridized carbons (Fsp3) is 0.615. The Balaban J connectivity index is 2.93. The van der Waals surface area contributed by atoms with E-state index < -0.39 is 29.9 Å². The number of nitrogens with one attached hydrogen (secondary N) is 1. The van der Waals surface area contributed by atoms with Crippen molar-refractivity contribution < 1.29 is 24.6 Å². The lowest BCUT2D eigenvalue weighted by molar-refractivity contribution is -0.143. The van der Waals surface area contributed by atoms with Crippen LogP contribution in [0.25, 0.3) is 0 Å². The molecule has 0 spiro atoms. The van der Waals surface area contributed by atoms with E-state index in [-0.39, 0.29) is 17.5 Å². The summed E-state index contributed by atoms with van der Waals surface area (Å²) in [5.41, 5.74) is -0.126. The maximum absolute atomic E-state index is 12.0. The van der Waals surface area contributed by atoms with Gasteiger partial charge in [-0.1, -0.05) is 32.9 Å². The summed E-state index contributed by atoms with van der Waals surface area (Å²) in [6.07, 6.45) is 1.20. The Labute approximate surface area is 127 Å². The fourth-order valence-corrected chi connectivity index (χ4v) is 1.95. The first-order valence-electron chi connectivity index (χ1n) is 6.83. The van der Waals surface area contributed by atoms with Gasteiger partial charge in [0.15, 0.2) is 11.7 Å². The summed E-state index contributed by atoms with van der Waals surface area (Å²) in [5.74, 6) is -3.50. The quantitative estimate of drug-likeness (QED) is 0.663. The highest BCUT2D eigenvalue weighted by atomic mass is 16.4. The first-order valence-corrected chi connectivity index (χ1v) is 6.83. The molecule has 1 aromatic heterocycles. The molecule has 1 heterocycles. The second kappa shape index (κ2) is 7.01. The van der Waals surface area contributed by atoms with Crippen LogP contribution in [0.1, 0.15) is 44.2 Å². The van der Waals surface area contributed by atoms with Crippen LogP contribution < -0.4 is 5.32 Å². The lowest BCUT2D eigenvalue weighted by Crippen LogP contribution is -2.44.